The fraction of sp³-hybridized carbons (Fsp3) is 0.841. The molecule has 0 spiro atoms. The zero-order chi connectivity index (χ0) is 65.2. The standard InChI is InChI=1S/C63H96O27/c1-29-51(87-44-25-37(78-8)52(30(2)81-44)88-58-50(73)55(79-9)53(31(3)82-58)89-57-49(72)47(70)54(39(28-65)85-57)90-56-48(71)46(69)45(68)38(27-64)84-56)36(77-7)24-43(80-29)83-35-18-19-59(5)34(23-35)17-20-62(75)40(59)26-41(86-42(67)16-15-33-13-11-10-12-14-33)60(6)61(74,32(4)66)21-22-63(60,62)76/h10-16,29-31,34-41,43-58,64-65,68-76H,17-28H2,1-9H3/b16-15+/t29-,30-,31-,34+,35+,36+,37-,38-,39-,40-,41-,43+,44+,45-,46+,47-,48-,49-,50-,51-,52-,53-,54-,55-,56+,57+,58+,59+,60-,61-,62+,63-/m1/s1. The molecule has 4 aliphatic carbocycles. The quantitative estimate of drug-likeness (QED) is 0.0468. The number of esters is 1. The summed E-state index contributed by atoms with van der Waals surface area (Å²) < 4.78 is 86.1. The Bertz CT molecular complexity index is 2600. The first-order chi connectivity index (χ1) is 42.6. The van der Waals surface area contributed by atoms with Crippen molar-refractivity contribution in [1.82, 2.24) is 0 Å². The van der Waals surface area contributed by atoms with Crippen LogP contribution < -0.4 is 0 Å². The van der Waals surface area contributed by atoms with Gasteiger partial charge in [0.25, 0.3) is 0 Å². The Balaban J connectivity index is 0.730. The number of aliphatic hydroxyl groups is 11. The van der Waals surface area contributed by atoms with E-state index in [4.69, 9.17) is 66.3 Å². The van der Waals surface area contributed by atoms with Gasteiger partial charge in [-0.3, -0.25) is 4.79 Å². The predicted octanol–water partition coefficient (Wildman–Crippen LogP) is -0.600. The van der Waals surface area contributed by atoms with E-state index in [0.29, 0.717) is 32.1 Å². The van der Waals surface area contributed by atoms with Crippen molar-refractivity contribution in [3.63, 3.8) is 0 Å². The summed E-state index contributed by atoms with van der Waals surface area (Å²) >= 11 is 0. The van der Waals surface area contributed by atoms with Crippen LogP contribution >= 0.6 is 0 Å². The third kappa shape index (κ3) is 12.4. The Morgan fingerprint density at radius 3 is 1.76 bits per heavy atom. The van der Waals surface area contributed by atoms with Crippen LogP contribution in [-0.4, -0.2) is 273 Å². The van der Waals surface area contributed by atoms with E-state index in [1.807, 2.05) is 37.3 Å². The van der Waals surface area contributed by atoms with Gasteiger partial charge in [-0.05, 0) is 115 Å². The maximum atomic E-state index is 13.7. The highest BCUT2D eigenvalue weighted by Gasteiger charge is 2.82. The zero-order valence-corrected chi connectivity index (χ0v) is 52.6. The predicted molar refractivity (Wildman–Crippen MR) is 308 cm³/mol. The minimum absolute atomic E-state index is 0.0218. The topological polar surface area (TPSA) is 386 Å². The lowest BCUT2D eigenvalue weighted by atomic mass is 9.40. The van der Waals surface area contributed by atoms with Crippen LogP contribution in [0.5, 0.6) is 0 Å². The van der Waals surface area contributed by atoms with Crippen molar-refractivity contribution in [2.24, 2.45) is 22.7 Å². The minimum Gasteiger partial charge on any atom is -0.458 e. The molecular formula is C63H96O27. The molecule has 0 aromatic heterocycles. The molecule has 0 amide bonds. The molecule has 27 heteroatoms. The molecular weight excluding hydrogens is 1190 g/mol. The largest absolute Gasteiger partial charge is 0.458 e. The zero-order valence-electron chi connectivity index (χ0n) is 52.6. The summed E-state index contributed by atoms with van der Waals surface area (Å²) in [6, 6.07) is 9.23. The molecule has 10 rings (SSSR count). The number of rotatable bonds is 19. The molecule has 5 heterocycles. The van der Waals surface area contributed by atoms with Crippen molar-refractivity contribution >= 4 is 17.8 Å². The van der Waals surface area contributed by atoms with Gasteiger partial charge < -0.3 is 122 Å². The van der Waals surface area contributed by atoms with Crippen LogP contribution in [0.2, 0.25) is 0 Å². The van der Waals surface area contributed by atoms with Crippen LogP contribution in [0.15, 0.2) is 36.4 Å². The summed E-state index contributed by atoms with van der Waals surface area (Å²) in [5.41, 5.74) is -7.24. The van der Waals surface area contributed by atoms with Crippen LogP contribution in [0.1, 0.15) is 111 Å². The molecule has 27 nitrogen and oxygen atoms in total. The van der Waals surface area contributed by atoms with Gasteiger partial charge in [0.2, 0.25) is 0 Å². The number of Topliss-reactive ketones (excluding diaryl/α,β-unsaturated/α-hetero) is 1. The molecule has 0 bridgehead atoms. The Hall–Kier alpha value is -2.86. The van der Waals surface area contributed by atoms with Crippen LogP contribution in [0.25, 0.3) is 6.08 Å². The van der Waals surface area contributed by atoms with E-state index in [1.54, 1.807) is 34.0 Å². The molecule has 5 aliphatic heterocycles. The monoisotopic (exact) mass is 1280 g/mol. The van der Waals surface area contributed by atoms with Crippen molar-refractivity contribution in [3.8, 4) is 0 Å². The summed E-state index contributed by atoms with van der Waals surface area (Å²) in [5.74, 6) is -1.79. The first-order valence-corrected chi connectivity index (χ1v) is 31.7. The minimum atomic E-state index is -2.06. The van der Waals surface area contributed by atoms with E-state index in [2.05, 4.69) is 6.92 Å². The summed E-state index contributed by atoms with van der Waals surface area (Å²) in [7, 11) is 4.42. The second-order valence-corrected chi connectivity index (χ2v) is 26.9. The van der Waals surface area contributed by atoms with Gasteiger partial charge >= 0.3 is 5.97 Å². The fourth-order valence-corrected chi connectivity index (χ4v) is 16.9. The highest BCUT2D eigenvalue weighted by molar-refractivity contribution is 5.88. The average Bonchev–Trinajstić information content (AvgIpc) is 1.33. The van der Waals surface area contributed by atoms with Crippen molar-refractivity contribution < 1.29 is 132 Å². The summed E-state index contributed by atoms with van der Waals surface area (Å²) in [4.78, 5) is 27.1. The van der Waals surface area contributed by atoms with Crippen molar-refractivity contribution in [3.05, 3.63) is 42.0 Å². The molecule has 5 saturated heterocycles. The van der Waals surface area contributed by atoms with Gasteiger partial charge in [0.15, 0.2) is 37.2 Å². The maximum absolute atomic E-state index is 13.7. The molecule has 9 aliphatic rings. The molecule has 1 aromatic rings. The van der Waals surface area contributed by atoms with E-state index in [9.17, 15) is 65.8 Å². The first kappa shape index (κ1) is 70.0. The molecule has 1 aromatic carbocycles. The van der Waals surface area contributed by atoms with Crippen LogP contribution in [0, 0.1) is 22.7 Å². The lowest BCUT2D eigenvalue weighted by Crippen LogP contribution is -2.79. The number of carbonyl (C=O) groups excluding carboxylic acids is 2. The van der Waals surface area contributed by atoms with Gasteiger partial charge in [0.05, 0.1) is 60.9 Å². The average molecular weight is 1290 g/mol. The van der Waals surface area contributed by atoms with E-state index < -0.39 is 206 Å². The molecule has 11 N–H and O–H groups in total. The number of benzene rings is 1. The van der Waals surface area contributed by atoms with Gasteiger partial charge in [-0.1, -0.05) is 37.3 Å². The van der Waals surface area contributed by atoms with Crippen LogP contribution in [-0.2, 0) is 75.9 Å². The second kappa shape index (κ2) is 27.7. The van der Waals surface area contributed by atoms with Gasteiger partial charge in [0.1, 0.15) is 96.7 Å². The maximum Gasteiger partial charge on any atom is 0.331 e. The first-order valence-electron chi connectivity index (χ1n) is 31.7. The third-order valence-electron chi connectivity index (χ3n) is 22.2. The highest BCUT2D eigenvalue weighted by atomic mass is 16.8. The Morgan fingerprint density at radius 1 is 0.578 bits per heavy atom. The number of fused-ring (bicyclic) bond motifs is 5. The molecule has 0 unspecified atom stereocenters. The normalized spacial score (nSPS) is 50.6. The lowest BCUT2D eigenvalue weighted by Gasteiger charge is -2.69. The SMILES string of the molecule is CO[C@@H]1[C@@H](O)[C@H](O[C@@H]2[C@@H](C)O[C@@H](O[C@H]3[C@@H](OC)C[C@H](O[C@H]4CC[C@@]5(C)[C@@H](CC[C@]6(O)[C@@H]5C[C@@H](OC(=O)/C=C/c5ccccc5)[C@@]5(C)[C@]6(O)CC[C@@]5(O)C(C)=O)C4)O[C@@H]3C)C[C@H]2OC)O[C@H](C)[C@H]1O[C@@H]1O[C@H](CO)[C@@H](O[C@@H]2O[C@H](CO)[C@@H](O)[C@H](O)[C@H]2O)[C@H](O)[C@H]1O. The van der Waals surface area contributed by atoms with Gasteiger partial charge in [-0.25, -0.2) is 4.79 Å². The summed E-state index contributed by atoms with van der Waals surface area (Å²) in [6.07, 6.45) is -23.7. The Morgan fingerprint density at radius 2 is 1.14 bits per heavy atom. The number of aliphatic hydroxyl groups excluding tert-OH is 8. The van der Waals surface area contributed by atoms with Crippen LogP contribution in [0.3, 0.4) is 0 Å². The van der Waals surface area contributed by atoms with Crippen LogP contribution in [0.4, 0.5) is 0 Å². The molecule has 32 atom stereocenters. The molecule has 9 fully saturated rings. The van der Waals surface area contributed by atoms with Gasteiger partial charge in [-0.2, -0.15) is 0 Å². The van der Waals surface area contributed by atoms with E-state index in [0.717, 1.165) is 5.56 Å². The second-order valence-electron chi connectivity index (χ2n) is 26.9. The third-order valence-corrected chi connectivity index (χ3v) is 22.2. The van der Waals surface area contributed by atoms with E-state index >= 15 is 0 Å². The van der Waals surface area contributed by atoms with Crippen molar-refractivity contribution in [2.45, 2.75) is 276 Å². The summed E-state index contributed by atoms with van der Waals surface area (Å²) in [5, 5.41) is 123. The smallest absolute Gasteiger partial charge is 0.331 e. The summed E-state index contributed by atoms with van der Waals surface area (Å²) in [6.45, 7) is 8.68. The number of hydrogen-bond donors (Lipinski definition) is 11. The number of methoxy groups -OCH3 is 3. The molecule has 4 saturated carbocycles. The van der Waals surface area contributed by atoms with Crippen molar-refractivity contribution in [1.29, 1.82) is 0 Å². The Labute approximate surface area is 523 Å². The Kier molecular flexibility index (Phi) is 21.5. The highest BCUT2D eigenvalue weighted by Crippen LogP contribution is 2.72. The molecule has 0 radical (unpaired) electrons. The number of hydrogen-bond acceptors (Lipinski definition) is 27. The number of ketones is 1. The van der Waals surface area contributed by atoms with Gasteiger partial charge in [-0.15, -0.1) is 0 Å². The van der Waals surface area contributed by atoms with Gasteiger partial charge in [0, 0.05) is 40.2 Å². The van der Waals surface area contributed by atoms with Crippen molar-refractivity contribution in [2.75, 3.05) is 34.5 Å². The molecule has 90 heavy (non-hydrogen) atoms. The number of ether oxygens (including phenoxy) is 14. The van der Waals surface area contributed by atoms with E-state index in [1.165, 1.54) is 27.2 Å². The number of carbonyl (C=O) groups is 2. The fourth-order valence-electron chi connectivity index (χ4n) is 16.9. The molecule has 510 valence electrons. The van der Waals surface area contributed by atoms with E-state index in [-0.39, 0.29) is 44.1 Å². The lowest BCUT2D eigenvalue weighted by molar-refractivity contribution is -0.385.